The summed E-state index contributed by atoms with van der Waals surface area (Å²) >= 11 is 10.7. The Morgan fingerprint density at radius 3 is 1.16 bits per heavy atom. The summed E-state index contributed by atoms with van der Waals surface area (Å²) in [5, 5.41) is 13.5. The maximum absolute atomic E-state index is 12.3. The molecule has 0 aromatic carbocycles. The lowest BCUT2D eigenvalue weighted by Crippen LogP contribution is -2.43. The molecule has 8 amide bonds. The fraction of sp³-hybridized carbons (Fsp3) is 0.704. The molecular weight excluding hydrogens is 596 g/mol. The summed E-state index contributed by atoms with van der Waals surface area (Å²) in [6, 6.07) is -1.14. The summed E-state index contributed by atoms with van der Waals surface area (Å²) in [6.45, 7) is 13.9. The number of imide groups is 4. The van der Waals surface area contributed by atoms with E-state index in [0.29, 0.717) is 49.2 Å². The van der Waals surface area contributed by atoms with E-state index in [9.17, 15) is 28.8 Å². The van der Waals surface area contributed by atoms with E-state index >= 15 is 0 Å². The molecule has 14 nitrogen and oxygen atoms in total. The molecule has 0 aliphatic carbocycles. The van der Waals surface area contributed by atoms with E-state index in [-0.39, 0.29) is 26.2 Å². The molecule has 0 spiro atoms. The Morgan fingerprint density at radius 2 is 0.860 bits per heavy atom. The molecular formula is C27H44N8O6S2. The zero-order valence-electron chi connectivity index (χ0n) is 25.8. The van der Waals surface area contributed by atoms with E-state index in [0.717, 1.165) is 26.0 Å². The van der Waals surface area contributed by atoms with Crippen LogP contribution in [0.15, 0.2) is 0 Å². The van der Waals surface area contributed by atoms with Gasteiger partial charge in [-0.1, -0.05) is 27.7 Å². The van der Waals surface area contributed by atoms with Gasteiger partial charge in [-0.15, -0.1) is 0 Å². The van der Waals surface area contributed by atoms with Gasteiger partial charge in [0.2, 0.25) is 0 Å². The molecule has 0 aromatic rings. The molecule has 16 heteroatoms. The molecule has 0 radical (unpaired) electrons. The number of nitrogens with one attached hydrogen (secondary N) is 4. The maximum atomic E-state index is 12.3. The van der Waals surface area contributed by atoms with Crippen LogP contribution in [0.25, 0.3) is 0 Å². The summed E-state index contributed by atoms with van der Waals surface area (Å²) < 4.78 is 0. The number of hydrogen-bond donors (Lipinski definition) is 4. The van der Waals surface area contributed by atoms with Crippen molar-refractivity contribution >= 4 is 70.4 Å². The third-order valence-corrected chi connectivity index (χ3v) is 7.75. The van der Waals surface area contributed by atoms with Crippen LogP contribution in [0.2, 0.25) is 0 Å². The zero-order valence-corrected chi connectivity index (χ0v) is 27.5. The van der Waals surface area contributed by atoms with E-state index in [1.165, 1.54) is 0 Å². The first-order chi connectivity index (χ1) is 20.0. The minimum atomic E-state index is -0.785. The molecule has 0 atom stereocenters. The van der Waals surface area contributed by atoms with Gasteiger partial charge in [0.05, 0.1) is 0 Å². The molecule has 4 N–H and O–H groups in total. The van der Waals surface area contributed by atoms with Gasteiger partial charge < -0.3 is 21.3 Å². The number of likely N-dealkylation sites (N-methyl/N-ethyl adjacent to an activating group) is 2. The lowest BCUT2D eigenvalue weighted by atomic mass is 9.88. The summed E-state index contributed by atoms with van der Waals surface area (Å²) in [7, 11) is 0. The second-order valence-corrected chi connectivity index (χ2v) is 12.8. The quantitative estimate of drug-likeness (QED) is 0.0812. The predicted molar refractivity (Wildman–Crippen MR) is 168 cm³/mol. The van der Waals surface area contributed by atoms with Crippen LogP contribution >= 0.6 is 24.4 Å². The van der Waals surface area contributed by atoms with Crippen molar-refractivity contribution in [2.75, 3.05) is 52.4 Å². The number of nitrogens with zero attached hydrogens (tertiary/aromatic N) is 4. The van der Waals surface area contributed by atoms with Crippen molar-refractivity contribution in [1.29, 1.82) is 0 Å². The first kappa shape index (κ1) is 35.8. The van der Waals surface area contributed by atoms with Crippen molar-refractivity contribution < 1.29 is 28.8 Å². The normalized spacial score (nSPS) is 16.0. The predicted octanol–water partition coefficient (Wildman–Crippen LogP) is 0.759. The highest BCUT2D eigenvalue weighted by Crippen LogP contribution is 2.26. The van der Waals surface area contributed by atoms with Gasteiger partial charge in [0, 0.05) is 52.4 Å². The van der Waals surface area contributed by atoms with Crippen molar-refractivity contribution in [3.63, 3.8) is 0 Å². The van der Waals surface area contributed by atoms with Crippen LogP contribution in [0, 0.1) is 10.8 Å². The second-order valence-electron chi connectivity index (χ2n) is 12.0. The molecule has 0 aromatic heterocycles. The van der Waals surface area contributed by atoms with Crippen LogP contribution in [0.3, 0.4) is 0 Å². The van der Waals surface area contributed by atoms with Crippen LogP contribution < -0.4 is 21.3 Å². The van der Waals surface area contributed by atoms with Gasteiger partial charge in [-0.3, -0.25) is 38.8 Å². The monoisotopic (exact) mass is 640 g/mol. The number of urea groups is 2. The molecule has 240 valence electrons. The molecule has 0 saturated carbocycles. The maximum Gasteiger partial charge on any atom is 0.334 e. The van der Waals surface area contributed by atoms with Crippen molar-refractivity contribution in [3.8, 4) is 0 Å². The van der Waals surface area contributed by atoms with Gasteiger partial charge >= 0.3 is 35.7 Å². The van der Waals surface area contributed by atoms with Crippen LogP contribution in [0.5, 0.6) is 0 Å². The molecule has 2 heterocycles. The number of amides is 8. The lowest BCUT2D eigenvalue weighted by Gasteiger charge is -2.29. The summed E-state index contributed by atoms with van der Waals surface area (Å²) in [5.74, 6) is -3.13. The SMILES string of the molecule is CCN1C(=O)C(=O)N(CC(C)(C)CCNC(=S)NCCCNC(=S)NCCC(C)(C)CN2C(=O)C(=O)N(CC)C2=O)C1=O. The summed E-state index contributed by atoms with van der Waals surface area (Å²) in [4.78, 5) is 76.8. The lowest BCUT2D eigenvalue weighted by molar-refractivity contribution is -0.143. The third-order valence-electron chi connectivity index (χ3n) is 7.17. The molecule has 2 aliphatic rings. The number of rotatable bonds is 16. The number of thiocarbonyl (C=S) groups is 2. The zero-order chi connectivity index (χ0) is 32.5. The van der Waals surface area contributed by atoms with Gasteiger partial charge in [-0.2, -0.15) is 0 Å². The average Bonchev–Trinajstić information content (AvgIpc) is 3.25. The number of carbonyl (C=O) groups excluding carboxylic acids is 6. The highest BCUT2D eigenvalue weighted by atomic mass is 32.1. The Kier molecular flexibility index (Phi) is 12.8. The topological polar surface area (TPSA) is 164 Å². The fourth-order valence-corrected chi connectivity index (χ4v) is 5.01. The van der Waals surface area contributed by atoms with Crippen LogP contribution in [-0.2, 0) is 19.2 Å². The number of carbonyl (C=O) groups is 6. The summed E-state index contributed by atoms with van der Waals surface area (Å²) in [5.41, 5.74) is -0.837. The Hall–Kier alpha value is -3.40. The largest absolute Gasteiger partial charge is 0.363 e. The molecule has 0 bridgehead atoms. The first-order valence-electron chi connectivity index (χ1n) is 14.4. The van der Waals surface area contributed by atoms with E-state index in [2.05, 4.69) is 21.3 Å². The summed E-state index contributed by atoms with van der Waals surface area (Å²) in [6.07, 6.45) is 1.97. The minimum absolute atomic E-state index is 0.141. The van der Waals surface area contributed by atoms with Gasteiger partial charge in [0.25, 0.3) is 0 Å². The Bertz CT molecular complexity index is 1060. The van der Waals surface area contributed by atoms with Gasteiger partial charge in [-0.25, -0.2) is 9.59 Å². The highest BCUT2D eigenvalue weighted by Gasteiger charge is 2.46. The molecule has 0 unspecified atom stereocenters. The van der Waals surface area contributed by atoms with Crippen molar-refractivity contribution in [1.82, 2.24) is 40.9 Å². The minimum Gasteiger partial charge on any atom is -0.363 e. The number of hydrogen-bond acceptors (Lipinski definition) is 8. The van der Waals surface area contributed by atoms with E-state index in [1.807, 2.05) is 27.7 Å². The first-order valence-corrected chi connectivity index (χ1v) is 15.2. The van der Waals surface area contributed by atoms with Crippen LogP contribution in [0.1, 0.15) is 60.8 Å². The highest BCUT2D eigenvalue weighted by molar-refractivity contribution is 7.80. The molecule has 2 aliphatic heterocycles. The van der Waals surface area contributed by atoms with Crippen LogP contribution in [0.4, 0.5) is 9.59 Å². The molecule has 2 rings (SSSR count). The molecule has 2 saturated heterocycles. The standard InChI is InChI=1S/C27H44N8O6S2/c1-7-32-18(36)20(38)34(24(32)40)16-26(3,4)10-14-30-22(42)28-12-9-13-29-23(43)31-15-11-27(5,6)17-35-21(39)19(37)33(8-2)25(35)41/h7-17H2,1-6H3,(H2,28,30,42)(H2,29,31,43). The molecule has 43 heavy (non-hydrogen) atoms. The third kappa shape index (κ3) is 9.81. The van der Waals surface area contributed by atoms with E-state index < -0.39 is 46.5 Å². The van der Waals surface area contributed by atoms with E-state index in [4.69, 9.17) is 24.4 Å². The van der Waals surface area contributed by atoms with E-state index in [1.54, 1.807) is 13.8 Å². The van der Waals surface area contributed by atoms with Crippen molar-refractivity contribution in [3.05, 3.63) is 0 Å². The average molecular weight is 641 g/mol. The van der Waals surface area contributed by atoms with Gasteiger partial charge in [-0.05, 0) is 68.4 Å². The Labute approximate surface area is 263 Å². The fourth-order valence-electron chi connectivity index (χ4n) is 4.60. The Morgan fingerprint density at radius 1 is 0.558 bits per heavy atom. The van der Waals surface area contributed by atoms with Gasteiger partial charge in [0.15, 0.2) is 10.2 Å². The smallest absolute Gasteiger partial charge is 0.334 e. The van der Waals surface area contributed by atoms with Crippen LogP contribution in [-0.4, -0.2) is 118 Å². The Balaban J connectivity index is 1.58. The van der Waals surface area contributed by atoms with Crippen molar-refractivity contribution in [2.45, 2.75) is 60.8 Å². The second kappa shape index (κ2) is 15.4. The van der Waals surface area contributed by atoms with Crippen molar-refractivity contribution in [2.24, 2.45) is 10.8 Å². The molecule has 2 fully saturated rings. The van der Waals surface area contributed by atoms with Gasteiger partial charge in [0.1, 0.15) is 0 Å².